The number of carbonyl (C=O) groups excluding carboxylic acids is 3. The van der Waals surface area contributed by atoms with Crippen molar-refractivity contribution in [2.75, 3.05) is 0 Å². The number of carboxylic acid groups (broad SMARTS) is 1. The first-order chi connectivity index (χ1) is 15.0. The highest BCUT2D eigenvalue weighted by Crippen LogP contribution is 2.34. The zero-order chi connectivity index (χ0) is 21.7. The van der Waals surface area contributed by atoms with Crippen LogP contribution >= 0.6 is 0 Å². The van der Waals surface area contributed by atoms with Crippen molar-refractivity contribution in [3.63, 3.8) is 0 Å². The van der Waals surface area contributed by atoms with Crippen LogP contribution < -0.4 is 0 Å². The Bertz CT molecular complexity index is 1610. The number of rotatable bonds is 4. The lowest BCUT2D eigenvalue weighted by Gasteiger charge is -2.14. The molecule has 0 spiro atoms. The van der Waals surface area contributed by atoms with Crippen LogP contribution in [-0.4, -0.2) is 29.9 Å². The standard InChI is InChI=1S/C26H14O5/c27-11-22-20-9-18-7-16-5-14-3-1-2-4-15(14)6-17(16)8-19(18)10-21(20)25(26(30)31)24(13-29)23(22)12-28/h1-13H,(H,30,31). The monoisotopic (exact) mass is 406 g/mol. The van der Waals surface area contributed by atoms with Gasteiger partial charge >= 0.3 is 5.97 Å². The first kappa shape index (κ1) is 18.6. The van der Waals surface area contributed by atoms with Gasteiger partial charge in [-0.05, 0) is 79.5 Å². The van der Waals surface area contributed by atoms with Crippen LogP contribution in [0.3, 0.4) is 0 Å². The molecular weight excluding hydrogens is 392 g/mol. The number of hydrogen-bond acceptors (Lipinski definition) is 4. The third-order valence-corrected chi connectivity index (χ3v) is 5.77. The van der Waals surface area contributed by atoms with Gasteiger partial charge in [0.25, 0.3) is 0 Å². The predicted octanol–water partition coefficient (Wildman–Crippen LogP) is 5.44. The molecule has 31 heavy (non-hydrogen) atoms. The van der Waals surface area contributed by atoms with Crippen molar-refractivity contribution in [1.82, 2.24) is 0 Å². The summed E-state index contributed by atoms with van der Waals surface area (Å²) >= 11 is 0. The highest BCUT2D eigenvalue weighted by Gasteiger charge is 2.23. The van der Waals surface area contributed by atoms with Crippen molar-refractivity contribution >= 4 is 67.9 Å². The molecule has 0 bridgehead atoms. The molecular formula is C26H14O5. The number of carbonyl (C=O) groups is 4. The molecule has 0 saturated heterocycles. The molecule has 5 nitrogen and oxygen atoms in total. The van der Waals surface area contributed by atoms with Gasteiger partial charge < -0.3 is 5.11 Å². The van der Waals surface area contributed by atoms with Crippen molar-refractivity contribution < 1.29 is 24.3 Å². The summed E-state index contributed by atoms with van der Waals surface area (Å²) in [7, 11) is 0. The molecule has 5 aromatic rings. The Morgan fingerprint density at radius 3 is 1.52 bits per heavy atom. The summed E-state index contributed by atoms with van der Waals surface area (Å²) in [6.45, 7) is 0. The molecule has 0 fully saturated rings. The van der Waals surface area contributed by atoms with E-state index in [2.05, 4.69) is 12.1 Å². The lowest BCUT2D eigenvalue weighted by atomic mass is 9.88. The molecule has 5 aromatic carbocycles. The Kier molecular flexibility index (Phi) is 4.12. The van der Waals surface area contributed by atoms with E-state index in [1.165, 1.54) is 0 Å². The normalized spacial score (nSPS) is 11.2. The second-order valence-electron chi connectivity index (χ2n) is 7.42. The van der Waals surface area contributed by atoms with Gasteiger partial charge in [-0.1, -0.05) is 24.3 Å². The number of aromatic carboxylic acids is 1. The van der Waals surface area contributed by atoms with Gasteiger partial charge in [0.05, 0.1) is 5.56 Å². The highest BCUT2D eigenvalue weighted by molar-refractivity contribution is 6.21. The van der Waals surface area contributed by atoms with Crippen molar-refractivity contribution in [3.05, 3.63) is 82.9 Å². The Morgan fingerprint density at radius 2 is 1.03 bits per heavy atom. The van der Waals surface area contributed by atoms with Gasteiger partial charge in [-0.25, -0.2) is 4.79 Å². The lowest BCUT2D eigenvalue weighted by molar-refractivity contribution is 0.0696. The fraction of sp³-hybridized carbons (Fsp3) is 0. The fourth-order valence-corrected chi connectivity index (χ4v) is 4.35. The second kappa shape index (κ2) is 6.85. The largest absolute Gasteiger partial charge is 0.478 e. The smallest absolute Gasteiger partial charge is 0.337 e. The van der Waals surface area contributed by atoms with E-state index in [-0.39, 0.29) is 27.6 Å². The molecule has 0 aliphatic heterocycles. The van der Waals surface area contributed by atoms with Crippen LogP contribution in [0.25, 0.3) is 43.1 Å². The quantitative estimate of drug-likeness (QED) is 0.317. The van der Waals surface area contributed by atoms with E-state index in [1.807, 2.05) is 36.4 Å². The topological polar surface area (TPSA) is 88.5 Å². The van der Waals surface area contributed by atoms with Crippen LogP contribution in [0.4, 0.5) is 0 Å². The molecule has 0 radical (unpaired) electrons. The van der Waals surface area contributed by atoms with Gasteiger partial charge in [0.2, 0.25) is 0 Å². The molecule has 5 rings (SSSR count). The third-order valence-electron chi connectivity index (χ3n) is 5.77. The summed E-state index contributed by atoms with van der Waals surface area (Å²) in [5.74, 6) is -1.33. The fourth-order valence-electron chi connectivity index (χ4n) is 4.35. The molecule has 0 aliphatic rings. The minimum atomic E-state index is -1.33. The number of fused-ring (bicyclic) bond motifs is 4. The Balaban J connectivity index is 1.98. The van der Waals surface area contributed by atoms with Crippen LogP contribution in [-0.2, 0) is 0 Å². The summed E-state index contributed by atoms with van der Waals surface area (Å²) in [6, 6.07) is 19.4. The van der Waals surface area contributed by atoms with Crippen molar-refractivity contribution in [2.24, 2.45) is 0 Å². The van der Waals surface area contributed by atoms with Crippen LogP contribution in [0.15, 0.2) is 60.7 Å². The molecule has 5 heteroatoms. The van der Waals surface area contributed by atoms with E-state index in [0.717, 1.165) is 32.3 Å². The highest BCUT2D eigenvalue weighted by atomic mass is 16.4. The minimum absolute atomic E-state index is 0.0117. The van der Waals surface area contributed by atoms with E-state index < -0.39 is 5.97 Å². The van der Waals surface area contributed by atoms with Gasteiger partial charge in [0.1, 0.15) is 0 Å². The van der Waals surface area contributed by atoms with Crippen LogP contribution in [0.1, 0.15) is 41.4 Å². The Labute approximate surface area is 175 Å². The van der Waals surface area contributed by atoms with Gasteiger partial charge in [0, 0.05) is 16.7 Å². The number of hydrogen-bond donors (Lipinski definition) is 1. The van der Waals surface area contributed by atoms with E-state index in [9.17, 15) is 24.3 Å². The van der Waals surface area contributed by atoms with Gasteiger partial charge in [-0.2, -0.15) is 0 Å². The molecule has 0 aliphatic carbocycles. The predicted molar refractivity (Wildman–Crippen MR) is 120 cm³/mol. The van der Waals surface area contributed by atoms with Crippen molar-refractivity contribution in [3.8, 4) is 0 Å². The zero-order valence-electron chi connectivity index (χ0n) is 16.1. The van der Waals surface area contributed by atoms with Crippen LogP contribution in [0, 0.1) is 0 Å². The summed E-state index contributed by atoms with van der Waals surface area (Å²) in [5.41, 5.74) is -0.764. The maximum atomic E-state index is 12.0. The van der Waals surface area contributed by atoms with Gasteiger partial charge in [-0.3, -0.25) is 14.4 Å². The van der Waals surface area contributed by atoms with E-state index in [0.29, 0.717) is 24.2 Å². The van der Waals surface area contributed by atoms with Crippen LogP contribution in [0.5, 0.6) is 0 Å². The summed E-state index contributed by atoms with van der Waals surface area (Å²) in [6.07, 6.45) is 1.16. The number of benzene rings is 5. The first-order valence-electron chi connectivity index (χ1n) is 9.54. The molecule has 148 valence electrons. The number of aldehydes is 3. The lowest BCUT2D eigenvalue weighted by Crippen LogP contribution is -2.10. The Morgan fingerprint density at radius 1 is 0.581 bits per heavy atom. The molecule has 0 amide bonds. The van der Waals surface area contributed by atoms with E-state index in [1.54, 1.807) is 12.1 Å². The van der Waals surface area contributed by atoms with E-state index >= 15 is 0 Å². The zero-order valence-corrected chi connectivity index (χ0v) is 16.1. The van der Waals surface area contributed by atoms with Crippen LogP contribution in [0.2, 0.25) is 0 Å². The molecule has 0 saturated carbocycles. The molecule has 0 heterocycles. The van der Waals surface area contributed by atoms with Crippen molar-refractivity contribution in [2.45, 2.75) is 0 Å². The maximum absolute atomic E-state index is 12.0. The second-order valence-corrected chi connectivity index (χ2v) is 7.42. The summed E-state index contributed by atoms with van der Waals surface area (Å²) in [4.78, 5) is 47.1. The third kappa shape index (κ3) is 2.71. The maximum Gasteiger partial charge on any atom is 0.337 e. The summed E-state index contributed by atoms with van der Waals surface area (Å²) < 4.78 is 0. The molecule has 1 N–H and O–H groups in total. The first-order valence-corrected chi connectivity index (χ1v) is 9.54. The minimum Gasteiger partial charge on any atom is -0.478 e. The van der Waals surface area contributed by atoms with Gasteiger partial charge in [-0.15, -0.1) is 0 Å². The average molecular weight is 406 g/mol. The number of carboxylic acids is 1. The van der Waals surface area contributed by atoms with Crippen molar-refractivity contribution in [1.29, 1.82) is 0 Å². The molecule has 0 aromatic heterocycles. The molecule has 0 atom stereocenters. The Hall–Kier alpha value is -4.38. The van der Waals surface area contributed by atoms with Gasteiger partial charge in [0.15, 0.2) is 18.9 Å². The molecule has 0 unspecified atom stereocenters. The average Bonchev–Trinajstić information content (AvgIpc) is 2.78. The SMILES string of the molecule is O=Cc1c(C=O)c(C(=O)O)c2cc3cc4cc5ccccc5cc4cc3cc2c1C=O. The van der Waals surface area contributed by atoms with E-state index in [4.69, 9.17) is 0 Å². The summed E-state index contributed by atoms with van der Waals surface area (Å²) in [5, 5.41) is 16.1.